The number of ether oxygens (including phenoxy) is 2. The highest BCUT2D eigenvalue weighted by molar-refractivity contribution is 6.81. The molecule has 3 heteroatoms. The van der Waals surface area contributed by atoms with Crippen LogP contribution in [0.25, 0.3) is 0 Å². The van der Waals surface area contributed by atoms with E-state index in [1.807, 2.05) is 0 Å². The maximum Gasteiger partial charge on any atom is 0.0888 e. The molecular weight excluding hydrogens is 300 g/mol. The second-order valence-corrected chi connectivity index (χ2v) is 14.9. The summed E-state index contributed by atoms with van der Waals surface area (Å²) in [5, 5.41) is 0. The second-order valence-electron chi connectivity index (χ2n) is 9.89. The first-order valence-corrected chi connectivity index (χ1v) is 13.1. The predicted molar refractivity (Wildman–Crippen MR) is 102 cm³/mol. The summed E-state index contributed by atoms with van der Waals surface area (Å²) < 4.78 is 12.2. The molecule has 3 atom stereocenters. The Morgan fingerprint density at radius 1 is 1.13 bits per heavy atom. The molecule has 1 aliphatic carbocycles. The van der Waals surface area contributed by atoms with Crippen molar-refractivity contribution in [2.45, 2.75) is 90.6 Å². The third kappa shape index (κ3) is 5.72. The summed E-state index contributed by atoms with van der Waals surface area (Å²) in [7, 11) is -1.14. The molecule has 0 aromatic carbocycles. The van der Waals surface area contributed by atoms with Crippen LogP contribution in [0.15, 0.2) is 11.3 Å². The zero-order valence-electron chi connectivity index (χ0n) is 16.5. The minimum absolute atomic E-state index is 0.100. The van der Waals surface area contributed by atoms with E-state index < -0.39 is 8.07 Å². The van der Waals surface area contributed by atoms with Gasteiger partial charge >= 0.3 is 0 Å². The highest BCUT2D eigenvalue weighted by Gasteiger charge is 2.38. The molecule has 0 aromatic heterocycles. The standard InChI is InChI=1S/C20H38O2Si/c1-16-9-8-10-17(13-23(5,6)7)18(16)11-12-20(4)15-21-19(2,3)14-22-20/h13,16,18H,8-12,14-15H2,1-7H3/t16-,18-,20?/m1/s1. The Hall–Kier alpha value is -0.123. The van der Waals surface area contributed by atoms with Gasteiger partial charge in [0.05, 0.1) is 32.5 Å². The smallest absolute Gasteiger partial charge is 0.0888 e. The molecule has 1 saturated heterocycles. The van der Waals surface area contributed by atoms with Crippen LogP contribution in [0.1, 0.15) is 59.8 Å². The van der Waals surface area contributed by atoms with Crippen LogP contribution in [-0.2, 0) is 9.47 Å². The quantitative estimate of drug-likeness (QED) is 0.622. The molecule has 0 N–H and O–H groups in total. The van der Waals surface area contributed by atoms with E-state index in [2.05, 4.69) is 53.0 Å². The zero-order chi connectivity index (χ0) is 17.3. The fraction of sp³-hybridized carbons (Fsp3) is 0.900. The Kier molecular flexibility index (Phi) is 5.85. The molecule has 134 valence electrons. The minimum Gasteiger partial charge on any atom is -0.370 e. The molecule has 23 heavy (non-hydrogen) atoms. The molecule has 1 aliphatic heterocycles. The van der Waals surface area contributed by atoms with E-state index in [-0.39, 0.29) is 11.2 Å². The zero-order valence-corrected chi connectivity index (χ0v) is 17.5. The minimum atomic E-state index is -1.14. The van der Waals surface area contributed by atoms with Gasteiger partial charge in [0, 0.05) is 0 Å². The van der Waals surface area contributed by atoms with Gasteiger partial charge in [0.25, 0.3) is 0 Å². The van der Waals surface area contributed by atoms with E-state index in [0.29, 0.717) is 6.61 Å². The third-order valence-corrected chi connectivity index (χ3v) is 6.66. The average molecular weight is 339 g/mol. The highest BCUT2D eigenvalue weighted by Crippen LogP contribution is 2.40. The largest absolute Gasteiger partial charge is 0.370 e. The summed E-state index contributed by atoms with van der Waals surface area (Å²) in [6.45, 7) is 17.7. The third-order valence-electron chi connectivity index (χ3n) is 5.43. The summed E-state index contributed by atoms with van der Waals surface area (Å²) in [5.41, 5.74) is 4.21. The lowest BCUT2D eigenvalue weighted by molar-refractivity contribution is -0.219. The first kappa shape index (κ1) is 19.2. The second kappa shape index (κ2) is 7.01. The molecule has 1 heterocycles. The molecule has 0 aromatic rings. The topological polar surface area (TPSA) is 18.5 Å². The van der Waals surface area contributed by atoms with E-state index >= 15 is 0 Å². The predicted octanol–water partition coefficient (Wildman–Crippen LogP) is 5.59. The van der Waals surface area contributed by atoms with Gasteiger partial charge in [0.1, 0.15) is 0 Å². The van der Waals surface area contributed by atoms with E-state index in [1.54, 1.807) is 5.57 Å². The summed E-state index contributed by atoms with van der Waals surface area (Å²) >= 11 is 0. The van der Waals surface area contributed by atoms with Crippen molar-refractivity contribution >= 4 is 8.07 Å². The van der Waals surface area contributed by atoms with Gasteiger partial charge in [-0.05, 0) is 64.7 Å². The van der Waals surface area contributed by atoms with Crippen LogP contribution in [0, 0.1) is 11.8 Å². The normalized spacial score (nSPS) is 37.1. The fourth-order valence-corrected chi connectivity index (χ4v) is 5.44. The highest BCUT2D eigenvalue weighted by atomic mass is 28.3. The maximum atomic E-state index is 6.21. The number of allylic oxidation sites excluding steroid dienone is 1. The summed E-state index contributed by atoms with van der Waals surface area (Å²) in [6.07, 6.45) is 6.44. The van der Waals surface area contributed by atoms with Crippen molar-refractivity contribution in [3.63, 3.8) is 0 Å². The SMILES string of the molecule is C[C@@H]1CCCC(=C[Si](C)(C)C)[C@@H]1CCC1(C)COC(C)(C)CO1. The number of hydrogen-bond acceptors (Lipinski definition) is 2. The van der Waals surface area contributed by atoms with Crippen LogP contribution in [0.2, 0.25) is 19.6 Å². The summed E-state index contributed by atoms with van der Waals surface area (Å²) in [4.78, 5) is 0. The van der Waals surface area contributed by atoms with Gasteiger partial charge in [-0.2, -0.15) is 0 Å². The molecular formula is C20H38O2Si. The van der Waals surface area contributed by atoms with Crippen LogP contribution >= 0.6 is 0 Å². The van der Waals surface area contributed by atoms with Crippen molar-refractivity contribution in [1.29, 1.82) is 0 Å². The Bertz CT molecular complexity index is 423. The summed E-state index contributed by atoms with van der Waals surface area (Å²) in [6, 6.07) is 0. The van der Waals surface area contributed by atoms with Crippen molar-refractivity contribution in [2.75, 3.05) is 13.2 Å². The molecule has 0 spiro atoms. The van der Waals surface area contributed by atoms with Gasteiger partial charge in [-0.15, -0.1) is 0 Å². The van der Waals surface area contributed by atoms with Crippen LogP contribution < -0.4 is 0 Å². The Balaban J connectivity index is 2.00. The van der Waals surface area contributed by atoms with Crippen molar-refractivity contribution < 1.29 is 9.47 Å². The van der Waals surface area contributed by atoms with E-state index in [9.17, 15) is 0 Å². The van der Waals surface area contributed by atoms with Crippen LogP contribution in [-0.4, -0.2) is 32.5 Å². The van der Waals surface area contributed by atoms with Crippen LogP contribution in [0.4, 0.5) is 0 Å². The van der Waals surface area contributed by atoms with Gasteiger partial charge in [-0.25, -0.2) is 0 Å². The van der Waals surface area contributed by atoms with E-state index in [0.717, 1.165) is 24.9 Å². The van der Waals surface area contributed by atoms with Gasteiger partial charge in [-0.1, -0.05) is 37.8 Å². The number of rotatable bonds is 4. The molecule has 1 saturated carbocycles. The molecule has 1 unspecified atom stereocenters. The van der Waals surface area contributed by atoms with Gasteiger partial charge in [-0.3, -0.25) is 0 Å². The van der Waals surface area contributed by atoms with E-state index in [1.165, 1.54) is 25.7 Å². The Labute approximate surface area is 145 Å². The van der Waals surface area contributed by atoms with Gasteiger partial charge in [0.2, 0.25) is 0 Å². The first-order valence-electron chi connectivity index (χ1n) is 9.49. The lowest BCUT2D eigenvalue weighted by Gasteiger charge is -2.43. The van der Waals surface area contributed by atoms with Crippen LogP contribution in [0.5, 0.6) is 0 Å². The molecule has 2 aliphatic rings. The van der Waals surface area contributed by atoms with Gasteiger partial charge < -0.3 is 9.47 Å². The van der Waals surface area contributed by atoms with Crippen molar-refractivity contribution in [2.24, 2.45) is 11.8 Å². The molecule has 0 bridgehead atoms. The molecule has 0 radical (unpaired) electrons. The summed E-state index contributed by atoms with van der Waals surface area (Å²) in [5.74, 6) is 1.57. The average Bonchev–Trinajstić information content (AvgIpc) is 2.41. The Morgan fingerprint density at radius 2 is 1.83 bits per heavy atom. The lowest BCUT2D eigenvalue weighted by Crippen LogP contribution is -2.49. The molecule has 2 rings (SSSR count). The Morgan fingerprint density at radius 3 is 2.39 bits per heavy atom. The first-order chi connectivity index (χ1) is 10.5. The fourth-order valence-electron chi connectivity index (χ4n) is 3.97. The maximum absolute atomic E-state index is 6.21. The monoisotopic (exact) mass is 338 g/mol. The van der Waals surface area contributed by atoms with E-state index in [4.69, 9.17) is 9.47 Å². The van der Waals surface area contributed by atoms with Gasteiger partial charge in [0.15, 0.2) is 0 Å². The van der Waals surface area contributed by atoms with Crippen molar-refractivity contribution in [1.82, 2.24) is 0 Å². The molecule has 2 fully saturated rings. The van der Waals surface area contributed by atoms with Crippen LogP contribution in [0.3, 0.4) is 0 Å². The molecule has 0 amide bonds. The lowest BCUT2D eigenvalue weighted by atomic mass is 9.74. The molecule has 2 nitrogen and oxygen atoms in total. The van der Waals surface area contributed by atoms with Crippen molar-refractivity contribution in [3.8, 4) is 0 Å². The van der Waals surface area contributed by atoms with Crippen molar-refractivity contribution in [3.05, 3.63) is 11.3 Å². The number of hydrogen-bond donors (Lipinski definition) is 0.